The topological polar surface area (TPSA) is 60.1 Å². The summed E-state index contributed by atoms with van der Waals surface area (Å²) >= 11 is 0. The molecule has 1 unspecified atom stereocenters. The summed E-state index contributed by atoms with van der Waals surface area (Å²) in [5.74, 6) is 4.42. The maximum atomic E-state index is 5.77. The summed E-state index contributed by atoms with van der Waals surface area (Å²) in [4.78, 5) is 17.3. The highest BCUT2D eigenvalue weighted by Crippen LogP contribution is 2.22. The molecule has 33 heavy (non-hydrogen) atoms. The first-order valence-electron chi connectivity index (χ1n) is 13.0. The van der Waals surface area contributed by atoms with Gasteiger partial charge in [-0.1, -0.05) is 6.42 Å². The number of piperidine rings is 2. The number of nitrogens with zero attached hydrogens (tertiary/aromatic N) is 5. The number of rotatable bonds is 7. The first kappa shape index (κ1) is 26.7. The molecule has 0 radical (unpaired) electrons. The van der Waals surface area contributed by atoms with Gasteiger partial charge in [0.05, 0.1) is 12.2 Å². The fourth-order valence-corrected chi connectivity index (χ4v) is 5.45. The quantitative estimate of drug-likeness (QED) is 0.304. The van der Waals surface area contributed by atoms with Crippen LogP contribution in [-0.4, -0.2) is 84.5 Å². The van der Waals surface area contributed by atoms with Gasteiger partial charge in [0, 0.05) is 32.7 Å². The van der Waals surface area contributed by atoms with Crippen molar-refractivity contribution in [3.8, 4) is 0 Å². The van der Waals surface area contributed by atoms with Crippen LogP contribution in [0.1, 0.15) is 62.8 Å². The Balaban J connectivity index is 0.00000306. The van der Waals surface area contributed by atoms with Gasteiger partial charge in [-0.2, -0.15) is 0 Å². The van der Waals surface area contributed by atoms with Crippen LogP contribution in [0.4, 0.5) is 0 Å². The van der Waals surface area contributed by atoms with Crippen molar-refractivity contribution < 1.29 is 4.42 Å². The standard InChI is InChI=1S/C25H44N6O.HI/c1-4-26-25(31-15-10-23(18-31)17-29-11-6-5-7-12-29)27-16-22-8-13-30(14-9-22)19-24-28-20(2)21(3)32-24;/h22-23H,4-19H2,1-3H3,(H,26,27);1H. The van der Waals surface area contributed by atoms with E-state index in [4.69, 9.17) is 9.41 Å². The molecule has 3 aliphatic rings. The predicted octanol–water partition coefficient (Wildman–Crippen LogP) is 3.89. The third kappa shape index (κ3) is 7.82. The van der Waals surface area contributed by atoms with E-state index in [2.05, 4.69) is 31.9 Å². The Kier molecular flexibility index (Phi) is 10.8. The van der Waals surface area contributed by atoms with Crippen LogP contribution < -0.4 is 5.32 Å². The SMILES string of the molecule is CCNC(=NCC1CCN(Cc2nc(C)c(C)o2)CC1)N1CCC(CN2CCCCC2)C1.I. The van der Waals surface area contributed by atoms with E-state index in [0.29, 0.717) is 5.92 Å². The fourth-order valence-electron chi connectivity index (χ4n) is 5.45. The van der Waals surface area contributed by atoms with Gasteiger partial charge < -0.3 is 19.5 Å². The molecule has 1 aromatic heterocycles. The van der Waals surface area contributed by atoms with E-state index in [1.54, 1.807) is 0 Å². The number of hydrogen-bond acceptors (Lipinski definition) is 5. The van der Waals surface area contributed by atoms with Crippen molar-refractivity contribution in [3.05, 3.63) is 17.3 Å². The van der Waals surface area contributed by atoms with Crippen molar-refractivity contribution in [2.45, 2.75) is 65.8 Å². The van der Waals surface area contributed by atoms with Crippen LogP contribution in [0.5, 0.6) is 0 Å². The molecule has 1 aromatic rings. The second-order valence-corrected chi connectivity index (χ2v) is 10.1. The average molecular weight is 573 g/mol. The Hall–Kier alpha value is -0.870. The molecule has 8 heteroatoms. The Morgan fingerprint density at radius 2 is 1.73 bits per heavy atom. The van der Waals surface area contributed by atoms with E-state index in [-0.39, 0.29) is 24.0 Å². The normalized spacial score (nSPS) is 23.7. The van der Waals surface area contributed by atoms with Crippen LogP contribution in [0.3, 0.4) is 0 Å². The lowest BCUT2D eigenvalue weighted by atomic mass is 9.97. The van der Waals surface area contributed by atoms with Crippen LogP contribution in [0.25, 0.3) is 0 Å². The van der Waals surface area contributed by atoms with Gasteiger partial charge in [-0.3, -0.25) is 9.89 Å². The minimum atomic E-state index is 0. The molecule has 1 atom stereocenters. The lowest BCUT2D eigenvalue weighted by Gasteiger charge is -2.31. The first-order valence-corrected chi connectivity index (χ1v) is 13.0. The van der Waals surface area contributed by atoms with Gasteiger partial charge in [0.25, 0.3) is 0 Å². The molecule has 188 valence electrons. The Labute approximate surface area is 217 Å². The summed E-state index contributed by atoms with van der Waals surface area (Å²) in [6.07, 6.45) is 7.91. The summed E-state index contributed by atoms with van der Waals surface area (Å²) in [6.45, 7) is 17.3. The summed E-state index contributed by atoms with van der Waals surface area (Å²) in [5, 5.41) is 3.57. The largest absolute Gasteiger partial charge is 0.444 e. The van der Waals surface area contributed by atoms with Crippen molar-refractivity contribution in [2.24, 2.45) is 16.8 Å². The number of aromatic nitrogens is 1. The highest BCUT2D eigenvalue weighted by Gasteiger charge is 2.27. The van der Waals surface area contributed by atoms with Crippen LogP contribution in [0.2, 0.25) is 0 Å². The van der Waals surface area contributed by atoms with Crippen LogP contribution in [-0.2, 0) is 6.54 Å². The molecule has 3 fully saturated rings. The molecule has 0 aromatic carbocycles. The van der Waals surface area contributed by atoms with Gasteiger partial charge >= 0.3 is 0 Å². The lowest BCUT2D eigenvalue weighted by Crippen LogP contribution is -2.42. The number of nitrogens with one attached hydrogen (secondary N) is 1. The van der Waals surface area contributed by atoms with Gasteiger partial charge in [0.15, 0.2) is 5.96 Å². The van der Waals surface area contributed by atoms with Gasteiger partial charge in [0.1, 0.15) is 5.76 Å². The van der Waals surface area contributed by atoms with Gasteiger partial charge in [-0.05, 0) is 90.9 Å². The molecular formula is C25H45IN6O. The summed E-state index contributed by atoms with van der Waals surface area (Å²) in [7, 11) is 0. The van der Waals surface area contributed by atoms with E-state index in [9.17, 15) is 0 Å². The molecule has 7 nitrogen and oxygen atoms in total. The smallest absolute Gasteiger partial charge is 0.208 e. The summed E-state index contributed by atoms with van der Waals surface area (Å²) in [6, 6.07) is 0. The van der Waals surface area contributed by atoms with Crippen LogP contribution in [0, 0.1) is 25.7 Å². The zero-order chi connectivity index (χ0) is 22.3. The molecule has 0 saturated carbocycles. The van der Waals surface area contributed by atoms with Crippen molar-refractivity contribution in [1.29, 1.82) is 0 Å². The number of guanidine groups is 1. The maximum absolute atomic E-state index is 5.77. The van der Waals surface area contributed by atoms with Gasteiger partial charge in [-0.25, -0.2) is 4.98 Å². The number of hydrogen-bond donors (Lipinski definition) is 1. The number of halogens is 1. The zero-order valence-corrected chi connectivity index (χ0v) is 23.4. The molecule has 0 amide bonds. The van der Waals surface area contributed by atoms with Crippen molar-refractivity contribution in [2.75, 3.05) is 58.9 Å². The first-order chi connectivity index (χ1) is 15.6. The monoisotopic (exact) mass is 572 g/mol. The van der Waals surface area contributed by atoms with E-state index < -0.39 is 0 Å². The second-order valence-electron chi connectivity index (χ2n) is 10.1. The maximum Gasteiger partial charge on any atom is 0.208 e. The highest BCUT2D eigenvalue weighted by molar-refractivity contribution is 14.0. The molecular weight excluding hydrogens is 527 g/mol. The highest BCUT2D eigenvalue weighted by atomic mass is 127. The zero-order valence-electron chi connectivity index (χ0n) is 21.0. The molecule has 4 rings (SSSR count). The Bertz CT molecular complexity index is 720. The van der Waals surface area contributed by atoms with Crippen molar-refractivity contribution >= 4 is 29.9 Å². The molecule has 3 aliphatic heterocycles. The van der Waals surface area contributed by atoms with Crippen molar-refractivity contribution in [1.82, 2.24) is 25.0 Å². The number of aryl methyl sites for hydroxylation is 2. The summed E-state index contributed by atoms with van der Waals surface area (Å²) < 4.78 is 5.77. The minimum absolute atomic E-state index is 0. The molecule has 4 heterocycles. The number of likely N-dealkylation sites (tertiary alicyclic amines) is 3. The van der Waals surface area contributed by atoms with E-state index in [1.165, 1.54) is 58.2 Å². The Morgan fingerprint density at radius 1 is 1.00 bits per heavy atom. The fraction of sp³-hybridized carbons (Fsp3) is 0.840. The third-order valence-corrected chi connectivity index (χ3v) is 7.52. The average Bonchev–Trinajstić information content (AvgIpc) is 3.38. The Morgan fingerprint density at radius 3 is 2.39 bits per heavy atom. The molecule has 0 aliphatic carbocycles. The van der Waals surface area contributed by atoms with Gasteiger partial charge in [-0.15, -0.1) is 24.0 Å². The van der Waals surface area contributed by atoms with Crippen LogP contribution >= 0.6 is 24.0 Å². The lowest BCUT2D eigenvalue weighted by molar-refractivity contribution is 0.166. The van der Waals surface area contributed by atoms with E-state index >= 15 is 0 Å². The molecule has 3 saturated heterocycles. The predicted molar refractivity (Wildman–Crippen MR) is 145 cm³/mol. The van der Waals surface area contributed by atoms with E-state index in [0.717, 1.165) is 75.0 Å². The molecule has 0 spiro atoms. The molecule has 0 bridgehead atoms. The van der Waals surface area contributed by atoms with Crippen molar-refractivity contribution in [3.63, 3.8) is 0 Å². The number of aliphatic imine (C=N–C) groups is 1. The second kappa shape index (κ2) is 13.3. The number of oxazole rings is 1. The molecule has 1 N–H and O–H groups in total. The van der Waals surface area contributed by atoms with Crippen LogP contribution in [0.15, 0.2) is 9.41 Å². The third-order valence-electron chi connectivity index (χ3n) is 7.52. The van der Waals surface area contributed by atoms with Gasteiger partial charge in [0.2, 0.25) is 5.89 Å². The summed E-state index contributed by atoms with van der Waals surface area (Å²) in [5.41, 5.74) is 1.01. The minimum Gasteiger partial charge on any atom is -0.444 e. The van der Waals surface area contributed by atoms with E-state index in [1.807, 2.05) is 13.8 Å².